The fourth-order valence-electron chi connectivity index (χ4n) is 3.25. The number of rotatable bonds is 6. The van der Waals surface area contributed by atoms with E-state index in [1.165, 1.54) is 18.2 Å². The highest BCUT2D eigenvalue weighted by Crippen LogP contribution is 2.29. The van der Waals surface area contributed by atoms with Crippen molar-refractivity contribution < 1.29 is 9.72 Å². The van der Waals surface area contributed by atoms with Crippen LogP contribution in [0.25, 0.3) is 23.0 Å². The predicted octanol–water partition coefficient (Wildman–Crippen LogP) is 6.30. The summed E-state index contributed by atoms with van der Waals surface area (Å²) in [7, 11) is 0. The smallest absolute Gasteiger partial charge is 0.271 e. The van der Waals surface area contributed by atoms with Gasteiger partial charge < -0.3 is 5.32 Å². The SMILES string of the molecule is N#CC(=Cc1cn(-c2ccccc2)nc1-c1ccc(Cl)cc1)C(=O)Nc1ccc([N+](=O)[O-])cc1Cl. The lowest BCUT2D eigenvalue weighted by Gasteiger charge is -2.06. The Labute approximate surface area is 209 Å². The molecule has 3 aromatic carbocycles. The molecule has 1 N–H and O–H groups in total. The molecule has 0 bridgehead atoms. The van der Waals surface area contributed by atoms with Gasteiger partial charge in [0.1, 0.15) is 11.6 Å². The largest absolute Gasteiger partial charge is 0.320 e. The molecule has 4 rings (SSSR count). The molecule has 0 radical (unpaired) electrons. The number of carbonyl (C=O) groups excluding carboxylic acids is 1. The first-order valence-corrected chi connectivity index (χ1v) is 10.9. The molecule has 1 heterocycles. The number of hydrogen-bond donors (Lipinski definition) is 1. The Kier molecular flexibility index (Phi) is 6.92. The third-order valence-corrected chi connectivity index (χ3v) is 5.52. The van der Waals surface area contributed by atoms with Gasteiger partial charge in [-0.15, -0.1) is 0 Å². The minimum atomic E-state index is -0.724. The number of hydrogen-bond acceptors (Lipinski definition) is 5. The summed E-state index contributed by atoms with van der Waals surface area (Å²) >= 11 is 12.1. The van der Waals surface area contributed by atoms with E-state index >= 15 is 0 Å². The molecule has 0 spiro atoms. The molecule has 35 heavy (non-hydrogen) atoms. The van der Waals surface area contributed by atoms with Crippen molar-refractivity contribution in [3.63, 3.8) is 0 Å². The number of nitro benzene ring substituents is 1. The molecule has 1 aromatic heterocycles. The fraction of sp³-hybridized carbons (Fsp3) is 0. The van der Waals surface area contributed by atoms with E-state index in [-0.39, 0.29) is 22.0 Å². The molecular weight excluding hydrogens is 489 g/mol. The molecule has 4 aromatic rings. The normalized spacial score (nSPS) is 11.1. The Morgan fingerprint density at radius 1 is 1.09 bits per heavy atom. The zero-order chi connectivity index (χ0) is 24.9. The van der Waals surface area contributed by atoms with Crippen LogP contribution in [0.15, 0.2) is 84.6 Å². The Morgan fingerprint density at radius 2 is 1.80 bits per heavy atom. The molecule has 172 valence electrons. The van der Waals surface area contributed by atoms with Crippen LogP contribution in [0.1, 0.15) is 5.56 Å². The summed E-state index contributed by atoms with van der Waals surface area (Å²) in [5.41, 5.74) is 2.32. The van der Waals surface area contributed by atoms with Crippen LogP contribution in [0.2, 0.25) is 10.0 Å². The number of nitro groups is 1. The molecule has 0 unspecified atom stereocenters. The Bertz CT molecular complexity index is 1490. The molecule has 0 saturated heterocycles. The summed E-state index contributed by atoms with van der Waals surface area (Å²) in [6, 6.07) is 21.9. The van der Waals surface area contributed by atoms with E-state index in [0.717, 1.165) is 17.3 Å². The molecule has 0 saturated carbocycles. The fourth-order valence-corrected chi connectivity index (χ4v) is 3.60. The lowest BCUT2D eigenvalue weighted by atomic mass is 10.1. The van der Waals surface area contributed by atoms with Crippen molar-refractivity contribution in [3.8, 4) is 23.0 Å². The van der Waals surface area contributed by atoms with Crippen LogP contribution < -0.4 is 5.32 Å². The highest BCUT2D eigenvalue weighted by Gasteiger charge is 2.17. The molecule has 0 aliphatic heterocycles. The van der Waals surface area contributed by atoms with E-state index in [1.54, 1.807) is 35.1 Å². The number of para-hydroxylation sites is 1. The molecule has 10 heteroatoms. The number of anilines is 1. The van der Waals surface area contributed by atoms with Gasteiger partial charge in [0.15, 0.2) is 0 Å². The van der Waals surface area contributed by atoms with Gasteiger partial charge in [0.2, 0.25) is 0 Å². The highest BCUT2D eigenvalue weighted by atomic mass is 35.5. The van der Waals surface area contributed by atoms with Gasteiger partial charge in [-0.3, -0.25) is 14.9 Å². The summed E-state index contributed by atoms with van der Waals surface area (Å²) in [4.78, 5) is 23.2. The van der Waals surface area contributed by atoms with Gasteiger partial charge in [0, 0.05) is 34.5 Å². The summed E-state index contributed by atoms with van der Waals surface area (Å²) < 4.78 is 1.65. The number of amides is 1. The van der Waals surface area contributed by atoms with Gasteiger partial charge in [-0.2, -0.15) is 10.4 Å². The minimum Gasteiger partial charge on any atom is -0.320 e. The monoisotopic (exact) mass is 503 g/mol. The second-order valence-corrected chi connectivity index (χ2v) is 8.11. The van der Waals surface area contributed by atoms with Crippen molar-refractivity contribution in [2.24, 2.45) is 0 Å². The summed E-state index contributed by atoms with van der Waals surface area (Å²) in [5, 5.41) is 28.3. The molecule has 0 aliphatic rings. The van der Waals surface area contributed by atoms with Crippen LogP contribution in [0.4, 0.5) is 11.4 Å². The topological polar surface area (TPSA) is 114 Å². The highest BCUT2D eigenvalue weighted by molar-refractivity contribution is 6.34. The van der Waals surface area contributed by atoms with Gasteiger partial charge in [-0.05, 0) is 36.4 Å². The van der Waals surface area contributed by atoms with Crippen molar-refractivity contribution >= 4 is 46.6 Å². The Hall–Kier alpha value is -4.45. The van der Waals surface area contributed by atoms with Crippen LogP contribution in [-0.2, 0) is 4.79 Å². The number of nitrogens with zero attached hydrogens (tertiary/aromatic N) is 4. The first-order valence-electron chi connectivity index (χ1n) is 10.1. The number of halogens is 2. The zero-order valence-corrected chi connectivity index (χ0v) is 19.4. The second kappa shape index (κ2) is 10.2. The van der Waals surface area contributed by atoms with Crippen LogP contribution in [0, 0.1) is 21.4 Å². The number of aromatic nitrogens is 2. The standard InChI is InChI=1S/C25H15Cl2N5O3/c26-19-8-6-16(7-9-19)24-18(15-31(30-24)20-4-2-1-3-5-20)12-17(14-28)25(33)29-23-11-10-21(32(34)35)13-22(23)27/h1-13,15H,(H,29,33). The maximum Gasteiger partial charge on any atom is 0.271 e. The summed E-state index contributed by atoms with van der Waals surface area (Å²) in [5.74, 6) is -0.724. The third-order valence-electron chi connectivity index (χ3n) is 4.96. The van der Waals surface area contributed by atoms with E-state index in [1.807, 2.05) is 36.4 Å². The van der Waals surface area contributed by atoms with Crippen LogP contribution >= 0.6 is 23.2 Å². The van der Waals surface area contributed by atoms with Gasteiger partial charge >= 0.3 is 0 Å². The number of nitrogens with one attached hydrogen (secondary N) is 1. The molecule has 0 aliphatic carbocycles. The minimum absolute atomic E-state index is 0.0245. The van der Waals surface area contributed by atoms with Crippen LogP contribution in [-0.4, -0.2) is 20.6 Å². The maximum atomic E-state index is 12.8. The summed E-state index contributed by atoms with van der Waals surface area (Å²) in [6.07, 6.45) is 3.13. The first kappa shape index (κ1) is 23.7. The van der Waals surface area contributed by atoms with Crippen LogP contribution in [0.5, 0.6) is 0 Å². The van der Waals surface area contributed by atoms with Crippen LogP contribution in [0.3, 0.4) is 0 Å². The molecular formula is C25H15Cl2N5O3. The number of benzene rings is 3. The van der Waals surface area contributed by atoms with E-state index in [0.29, 0.717) is 16.3 Å². The van der Waals surface area contributed by atoms with E-state index in [2.05, 4.69) is 10.4 Å². The quantitative estimate of drug-likeness (QED) is 0.143. The van der Waals surface area contributed by atoms with Crippen molar-refractivity contribution in [3.05, 3.63) is 110 Å². The summed E-state index contributed by atoms with van der Waals surface area (Å²) in [6.45, 7) is 0. The average Bonchev–Trinajstić information content (AvgIpc) is 3.28. The first-order chi connectivity index (χ1) is 16.9. The third kappa shape index (κ3) is 5.38. The Morgan fingerprint density at radius 3 is 2.43 bits per heavy atom. The number of carbonyl (C=O) groups is 1. The maximum absolute atomic E-state index is 12.8. The van der Waals surface area contributed by atoms with E-state index < -0.39 is 10.8 Å². The van der Waals surface area contributed by atoms with Crippen molar-refractivity contribution in [1.82, 2.24) is 9.78 Å². The van der Waals surface area contributed by atoms with Crippen molar-refractivity contribution in [2.45, 2.75) is 0 Å². The van der Waals surface area contributed by atoms with Gasteiger partial charge in [0.05, 0.1) is 27.0 Å². The molecule has 0 fully saturated rings. The number of non-ortho nitro benzene ring substituents is 1. The van der Waals surface area contributed by atoms with Crippen molar-refractivity contribution in [1.29, 1.82) is 5.26 Å². The van der Waals surface area contributed by atoms with Crippen molar-refractivity contribution in [2.75, 3.05) is 5.32 Å². The Balaban J connectivity index is 1.72. The average molecular weight is 504 g/mol. The van der Waals surface area contributed by atoms with Gasteiger partial charge in [0.25, 0.3) is 11.6 Å². The van der Waals surface area contributed by atoms with E-state index in [4.69, 9.17) is 23.2 Å². The predicted molar refractivity (Wildman–Crippen MR) is 134 cm³/mol. The molecule has 8 nitrogen and oxygen atoms in total. The zero-order valence-electron chi connectivity index (χ0n) is 17.9. The second-order valence-electron chi connectivity index (χ2n) is 7.27. The number of nitriles is 1. The molecule has 0 atom stereocenters. The molecule has 1 amide bonds. The van der Waals surface area contributed by atoms with Gasteiger partial charge in [-0.25, -0.2) is 4.68 Å². The lowest BCUT2D eigenvalue weighted by molar-refractivity contribution is -0.384. The van der Waals surface area contributed by atoms with E-state index in [9.17, 15) is 20.2 Å². The lowest BCUT2D eigenvalue weighted by Crippen LogP contribution is -2.13. The van der Waals surface area contributed by atoms with Gasteiger partial charge in [-0.1, -0.05) is 53.5 Å².